The number of anilines is 1. The van der Waals surface area contributed by atoms with E-state index < -0.39 is 0 Å². The number of quaternary nitrogens is 2. The summed E-state index contributed by atoms with van der Waals surface area (Å²) in [6.45, 7) is 8.81. The number of hydrogen-bond acceptors (Lipinski definition) is 1. The van der Waals surface area contributed by atoms with Crippen molar-refractivity contribution in [3.63, 3.8) is 0 Å². The second kappa shape index (κ2) is 9.35. The third-order valence-corrected chi connectivity index (χ3v) is 6.05. The highest BCUT2D eigenvalue weighted by atomic mass is 16.2. The molecular formula is C21H35N3O+2. The van der Waals surface area contributed by atoms with E-state index in [4.69, 9.17) is 0 Å². The Hall–Kier alpha value is -1.39. The van der Waals surface area contributed by atoms with E-state index in [1.54, 1.807) is 4.90 Å². The van der Waals surface area contributed by atoms with Gasteiger partial charge >= 0.3 is 0 Å². The Morgan fingerprint density at radius 3 is 2.44 bits per heavy atom. The highest BCUT2D eigenvalue weighted by molar-refractivity contribution is 5.92. The van der Waals surface area contributed by atoms with Crippen molar-refractivity contribution in [2.75, 3.05) is 44.6 Å². The maximum absolute atomic E-state index is 12.4. The van der Waals surface area contributed by atoms with Crippen LogP contribution in [0.5, 0.6) is 0 Å². The lowest BCUT2D eigenvalue weighted by atomic mass is 9.89. The lowest BCUT2D eigenvalue weighted by Crippen LogP contribution is -3.28. The summed E-state index contributed by atoms with van der Waals surface area (Å²) in [5.41, 5.74) is 2.20. The molecule has 0 bridgehead atoms. The molecule has 1 saturated heterocycles. The molecule has 1 aromatic rings. The maximum atomic E-state index is 12.4. The molecule has 0 radical (unpaired) electrons. The van der Waals surface area contributed by atoms with Gasteiger partial charge in [-0.1, -0.05) is 44.4 Å². The van der Waals surface area contributed by atoms with Crippen molar-refractivity contribution in [1.29, 1.82) is 0 Å². The summed E-state index contributed by atoms with van der Waals surface area (Å²) in [5.74, 6) is 1.12. The number of nitrogens with one attached hydrogen (secondary N) is 3. The quantitative estimate of drug-likeness (QED) is 0.692. The van der Waals surface area contributed by atoms with Crippen molar-refractivity contribution >= 4 is 11.6 Å². The summed E-state index contributed by atoms with van der Waals surface area (Å²) in [5, 5.41) is 3.12. The molecule has 2 fully saturated rings. The van der Waals surface area contributed by atoms with Gasteiger partial charge < -0.3 is 15.1 Å². The fourth-order valence-corrected chi connectivity index (χ4v) is 4.51. The van der Waals surface area contributed by atoms with Gasteiger partial charge in [0, 0.05) is 11.6 Å². The molecule has 4 nitrogen and oxygen atoms in total. The van der Waals surface area contributed by atoms with Crippen LogP contribution in [0.1, 0.15) is 44.6 Å². The average Bonchev–Trinajstić information content (AvgIpc) is 2.64. The number of piperazine rings is 1. The molecule has 1 aliphatic heterocycles. The van der Waals surface area contributed by atoms with E-state index in [1.807, 2.05) is 18.2 Å². The summed E-state index contributed by atoms with van der Waals surface area (Å²) in [6, 6.07) is 8.14. The number of para-hydroxylation sites is 1. The minimum absolute atomic E-state index is 0.159. The van der Waals surface area contributed by atoms with Crippen LogP contribution in [0.4, 0.5) is 5.69 Å². The van der Waals surface area contributed by atoms with E-state index in [0.717, 1.165) is 31.1 Å². The van der Waals surface area contributed by atoms with Gasteiger partial charge in [-0.05, 0) is 30.9 Å². The minimum Gasteiger partial charge on any atom is -0.325 e. The van der Waals surface area contributed by atoms with Gasteiger partial charge in [-0.25, -0.2) is 0 Å². The topological polar surface area (TPSA) is 38.0 Å². The van der Waals surface area contributed by atoms with Gasteiger partial charge in [0.1, 0.15) is 26.2 Å². The first-order valence-corrected chi connectivity index (χ1v) is 10.3. The van der Waals surface area contributed by atoms with Crippen LogP contribution in [0, 0.1) is 5.92 Å². The average molecular weight is 346 g/mol. The standard InChI is InChI=1S/C21H33N3O/c1-2-19-10-6-7-11-20(19)22-21(25)17-24-14-12-23(13-15-24)16-18-8-4-3-5-9-18/h6-7,10-11,18H,2-5,8-9,12-17H2,1H3,(H,22,25)/p+2. The van der Waals surface area contributed by atoms with Crippen LogP contribution in [-0.2, 0) is 11.2 Å². The molecule has 2 aliphatic rings. The number of hydrogen-bond donors (Lipinski definition) is 3. The Balaban J connectivity index is 1.40. The molecule has 1 aliphatic carbocycles. The van der Waals surface area contributed by atoms with Gasteiger partial charge in [-0.2, -0.15) is 0 Å². The highest BCUT2D eigenvalue weighted by Crippen LogP contribution is 2.22. The Bertz CT molecular complexity index is 546. The highest BCUT2D eigenvalue weighted by Gasteiger charge is 2.27. The Morgan fingerprint density at radius 1 is 1.04 bits per heavy atom. The second-order valence-electron chi connectivity index (χ2n) is 7.94. The summed E-state index contributed by atoms with van der Waals surface area (Å²) >= 11 is 0. The number of aryl methyl sites for hydroxylation is 1. The van der Waals surface area contributed by atoms with E-state index in [2.05, 4.69) is 18.3 Å². The maximum Gasteiger partial charge on any atom is 0.279 e. The molecule has 0 atom stereocenters. The van der Waals surface area contributed by atoms with E-state index in [-0.39, 0.29) is 5.91 Å². The number of carbonyl (C=O) groups is 1. The van der Waals surface area contributed by atoms with E-state index in [9.17, 15) is 4.79 Å². The van der Waals surface area contributed by atoms with Crippen LogP contribution in [0.15, 0.2) is 24.3 Å². The first-order valence-electron chi connectivity index (χ1n) is 10.3. The van der Waals surface area contributed by atoms with Crippen LogP contribution in [0.25, 0.3) is 0 Å². The lowest BCUT2D eigenvalue weighted by Gasteiger charge is -2.32. The Labute approximate surface area is 152 Å². The predicted molar refractivity (Wildman–Crippen MR) is 102 cm³/mol. The van der Waals surface area contributed by atoms with Crippen molar-refractivity contribution < 1.29 is 14.6 Å². The number of benzene rings is 1. The zero-order chi connectivity index (χ0) is 17.5. The van der Waals surface area contributed by atoms with Gasteiger partial charge in [0.25, 0.3) is 5.91 Å². The largest absolute Gasteiger partial charge is 0.325 e. The molecule has 3 rings (SSSR count). The third kappa shape index (κ3) is 5.55. The molecule has 1 heterocycles. The Morgan fingerprint density at radius 2 is 1.72 bits per heavy atom. The normalized spacial score (nSPS) is 24.8. The van der Waals surface area contributed by atoms with Crippen LogP contribution in [-0.4, -0.2) is 45.2 Å². The molecule has 0 unspecified atom stereocenters. The van der Waals surface area contributed by atoms with Crippen molar-refractivity contribution in [3.8, 4) is 0 Å². The molecule has 138 valence electrons. The molecule has 25 heavy (non-hydrogen) atoms. The molecule has 1 saturated carbocycles. The second-order valence-corrected chi connectivity index (χ2v) is 7.94. The van der Waals surface area contributed by atoms with Crippen LogP contribution >= 0.6 is 0 Å². The summed E-state index contributed by atoms with van der Waals surface area (Å²) < 4.78 is 0. The van der Waals surface area contributed by atoms with Gasteiger partial charge in [0.15, 0.2) is 6.54 Å². The molecule has 3 N–H and O–H groups in total. The van der Waals surface area contributed by atoms with Crippen LogP contribution in [0.2, 0.25) is 0 Å². The van der Waals surface area contributed by atoms with Gasteiger partial charge in [-0.3, -0.25) is 4.79 Å². The predicted octanol–water partition coefficient (Wildman–Crippen LogP) is 0.551. The van der Waals surface area contributed by atoms with Crippen LogP contribution < -0.4 is 15.1 Å². The van der Waals surface area contributed by atoms with E-state index in [1.165, 1.54) is 62.2 Å². The van der Waals surface area contributed by atoms with Crippen LogP contribution in [0.3, 0.4) is 0 Å². The van der Waals surface area contributed by atoms with E-state index in [0.29, 0.717) is 6.54 Å². The smallest absolute Gasteiger partial charge is 0.279 e. The summed E-state index contributed by atoms with van der Waals surface area (Å²) in [7, 11) is 0. The molecule has 1 amide bonds. The van der Waals surface area contributed by atoms with E-state index >= 15 is 0 Å². The fourth-order valence-electron chi connectivity index (χ4n) is 4.51. The lowest BCUT2D eigenvalue weighted by molar-refractivity contribution is -1.01. The summed E-state index contributed by atoms with van der Waals surface area (Å²) in [4.78, 5) is 15.6. The first kappa shape index (κ1) is 18.4. The number of carbonyl (C=O) groups excluding carboxylic acids is 1. The number of rotatable bonds is 6. The first-order chi connectivity index (χ1) is 12.2. The zero-order valence-electron chi connectivity index (χ0n) is 15.8. The molecular weight excluding hydrogens is 310 g/mol. The molecule has 1 aromatic carbocycles. The van der Waals surface area contributed by atoms with Gasteiger partial charge in [-0.15, -0.1) is 0 Å². The zero-order valence-corrected chi connectivity index (χ0v) is 15.8. The van der Waals surface area contributed by atoms with Gasteiger partial charge in [0.2, 0.25) is 0 Å². The molecule has 0 spiro atoms. The van der Waals surface area contributed by atoms with Crippen molar-refractivity contribution in [3.05, 3.63) is 29.8 Å². The fraction of sp³-hybridized carbons (Fsp3) is 0.667. The summed E-state index contributed by atoms with van der Waals surface area (Å²) in [6.07, 6.45) is 8.16. The molecule has 0 aromatic heterocycles. The molecule has 4 heteroatoms. The SMILES string of the molecule is CCc1ccccc1NC(=O)C[NH+]1CC[NH+](CC2CCCCC2)CC1. The van der Waals surface area contributed by atoms with Gasteiger partial charge in [0.05, 0.1) is 6.54 Å². The van der Waals surface area contributed by atoms with Crippen molar-refractivity contribution in [1.82, 2.24) is 0 Å². The van der Waals surface area contributed by atoms with Crippen molar-refractivity contribution in [2.45, 2.75) is 45.4 Å². The third-order valence-electron chi connectivity index (χ3n) is 6.05. The minimum atomic E-state index is 0.159. The number of amides is 1. The monoisotopic (exact) mass is 345 g/mol. The van der Waals surface area contributed by atoms with Crippen molar-refractivity contribution in [2.24, 2.45) is 5.92 Å². The Kier molecular flexibility index (Phi) is 6.88.